The average molecular weight is 382 g/mol. The van der Waals surface area contributed by atoms with Crippen molar-refractivity contribution in [3.63, 3.8) is 0 Å². The van der Waals surface area contributed by atoms with E-state index in [0.29, 0.717) is 13.1 Å². The molecule has 2 aromatic rings. The number of H-pyrrole nitrogens is 1. The second-order valence-electron chi connectivity index (χ2n) is 6.83. The van der Waals surface area contributed by atoms with E-state index in [1.54, 1.807) is 9.47 Å². The van der Waals surface area contributed by atoms with Gasteiger partial charge in [0, 0.05) is 17.6 Å². The maximum atomic E-state index is 12.3. The summed E-state index contributed by atoms with van der Waals surface area (Å²) in [6, 6.07) is 5.67. The standard InChI is InChI=1S/C16H20BrN3O3/c1-16(2,3)23-15(22)19-7-6-11(9-19)20-13-5-4-10(17)8-12(13)18-14(20)21/h4-5,8,11H,6-7,9H2,1-3H3,(H,18,21)/t11-/m0/s1. The zero-order valence-electron chi connectivity index (χ0n) is 13.4. The number of amides is 1. The summed E-state index contributed by atoms with van der Waals surface area (Å²) in [5.41, 5.74) is 0.988. The lowest BCUT2D eigenvalue weighted by Gasteiger charge is -2.24. The van der Waals surface area contributed by atoms with Gasteiger partial charge in [0.2, 0.25) is 0 Å². The second kappa shape index (κ2) is 5.70. The van der Waals surface area contributed by atoms with Crippen LogP contribution >= 0.6 is 15.9 Å². The monoisotopic (exact) mass is 381 g/mol. The summed E-state index contributed by atoms with van der Waals surface area (Å²) in [6.45, 7) is 6.62. The molecule has 1 fully saturated rings. The van der Waals surface area contributed by atoms with Crippen molar-refractivity contribution in [1.29, 1.82) is 0 Å². The molecule has 1 atom stereocenters. The molecule has 2 heterocycles. The minimum Gasteiger partial charge on any atom is -0.444 e. The van der Waals surface area contributed by atoms with E-state index in [2.05, 4.69) is 20.9 Å². The van der Waals surface area contributed by atoms with Gasteiger partial charge in [-0.2, -0.15) is 0 Å². The Bertz CT molecular complexity index is 803. The van der Waals surface area contributed by atoms with E-state index < -0.39 is 5.60 Å². The molecular weight excluding hydrogens is 362 g/mol. The first-order chi connectivity index (χ1) is 10.7. The van der Waals surface area contributed by atoms with Crippen LogP contribution < -0.4 is 5.69 Å². The molecule has 0 saturated carbocycles. The lowest BCUT2D eigenvalue weighted by Crippen LogP contribution is -2.36. The van der Waals surface area contributed by atoms with Gasteiger partial charge in [0.25, 0.3) is 0 Å². The van der Waals surface area contributed by atoms with Crippen molar-refractivity contribution < 1.29 is 9.53 Å². The van der Waals surface area contributed by atoms with E-state index >= 15 is 0 Å². The Hall–Kier alpha value is -1.76. The van der Waals surface area contributed by atoms with E-state index in [1.165, 1.54) is 0 Å². The molecule has 6 nitrogen and oxygen atoms in total. The topological polar surface area (TPSA) is 67.3 Å². The Morgan fingerprint density at radius 2 is 2.13 bits per heavy atom. The highest BCUT2D eigenvalue weighted by molar-refractivity contribution is 9.10. The first-order valence-corrected chi connectivity index (χ1v) is 8.41. The number of rotatable bonds is 1. The molecule has 0 radical (unpaired) electrons. The fourth-order valence-electron chi connectivity index (χ4n) is 2.91. The van der Waals surface area contributed by atoms with Crippen LogP contribution in [0, 0.1) is 0 Å². The van der Waals surface area contributed by atoms with E-state index in [-0.39, 0.29) is 17.8 Å². The third-order valence-electron chi connectivity index (χ3n) is 3.86. The second-order valence-corrected chi connectivity index (χ2v) is 7.75. The van der Waals surface area contributed by atoms with Gasteiger partial charge in [-0.15, -0.1) is 0 Å². The first-order valence-electron chi connectivity index (χ1n) is 7.62. The maximum Gasteiger partial charge on any atom is 0.410 e. The molecule has 124 valence electrons. The van der Waals surface area contributed by atoms with Gasteiger partial charge in [0.1, 0.15) is 5.60 Å². The summed E-state index contributed by atoms with van der Waals surface area (Å²) >= 11 is 3.41. The molecule has 3 rings (SSSR count). The molecule has 1 amide bonds. The molecule has 1 aromatic carbocycles. The number of imidazole rings is 1. The van der Waals surface area contributed by atoms with Crippen LogP contribution in [0.4, 0.5) is 4.79 Å². The quantitative estimate of drug-likeness (QED) is 0.823. The number of nitrogens with one attached hydrogen (secondary N) is 1. The molecule has 1 aromatic heterocycles. The fourth-order valence-corrected chi connectivity index (χ4v) is 3.27. The largest absolute Gasteiger partial charge is 0.444 e. The van der Waals surface area contributed by atoms with Gasteiger partial charge in [-0.3, -0.25) is 4.57 Å². The van der Waals surface area contributed by atoms with Gasteiger partial charge in [-0.1, -0.05) is 15.9 Å². The molecule has 0 unspecified atom stereocenters. The SMILES string of the molecule is CC(C)(C)OC(=O)N1CC[C@H](n2c(=O)[nH]c3cc(Br)ccc32)C1. The number of carbonyl (C=O) groups is 1. The molecule has 23 heavy (non-hydrogen) atoms. The molecular formula is C16H20BrN3O3. The van der Waals surface area contributed by atoms with E-state index in [1.807, 2.05) is 39.0 Å². The van der Waals surface area contributed by atoms with Gasteiger partial charge in [0.05, 0.1) is 17.1 Å². The number of halogens is 1. The predicted molar refractivity (Wildman–Crippen MR) is 91.7 cm³/mol. The van der Waals surface area contributed by atoms with Crippen LogP contribution in [0.1, 0.15) is 33.2 Å². The molecule has 1 saturated heterocycles. The third-order valence-corrected chi connectivity index (χ3v) is 4.35. The minimum atomic E-state index is -0.515. The van der Waals surface area contributed by atoms with Crippen molar-refractivity contribution in [2.45, 2.75) is 38.8 Å². The highest BCUT2D eigenvalue weighted by Gasteiger charge is 2.32. The molecule has 1 N–H and O–H groups in total. The van der Waals surface area contributed by atoms with Crippen molar-refractivity contribution in [1.82, 2.24) is 14.5 Å². The molecule has 0 spiro atoms. The summed E-state index contributed by atoms with van der Waals surface area (Å²) in [5, 5.41) is 0. The molecule has 1 aliphatic heterocycles. The van der Waals surface area contributed by atoms with E-state index in [0.717, 1.165) is 21.9 Å². The van der Waals surface area contributed by atoms with Gasteiger partial charge < -0.3 is 14.6 Å². The van der Waals surface area contributed by atoms with Crippen LogP contribution in [0.25, 0.3) is 11.0 Å². The maximum absolute atomic E-state index is 12.3. The minimum absolute atomic E-state index is 0.0371. The number of fused-ring (bicyclic) bond motifs is 1. The zero-order chi connectivity index (χ0) is 16.8. The Labute approximate surface area is 142 Å². The summed E-state index contributed by atoms with van der Waals surface area (Å²) in [4.78, 5) is 29.0. The van der Waals surface area contributed by atoms with Crippen molar-refractivity contribution in [3.8, 4) is 0 Å². The highest BCUT2D eigenvalue weighted by atomic mass is 79.9. The number of nitrogens with zero attached hydrogens (tertiary/aromatic N) is 2. The number of likely N-dealkylation sites (tertiary alicyclic amines) is 1. The smallest absolute Gasteiger partial charge is 0.410 e. The fraction of sp³-hybridized carbons (Fsp3) is 0.500. The lowest BCUT2D eigenvalue weighted by molar-refractivity contribution is 0.0289. The van der Waals surface area contributed by atoms with Crippen LogP contribution in [-0.2, 0) is 4.74 Å². The Morgan fingerprint density at radius 1 is 1.39 bits per heavy atom. The summed E-state index contributed by atoms with van der Waals surface area (Å²) in [5.74, 6) is 0. The van der Waals surface area contributed by atoms with Crippen LogP contribution in [0.3, 0.4) is 0 Å². The Kier molecular flexibility index (Phi) is 4.00. The average Bonchev–Trinajstić information content (AvgIpc) is 2.99. The molecule has 0 bridgehead atoms. The zero-order valence-corrected chi connectivity index (χ0v) is 15.0. The first kappa shape index (κ1) is 16.1. The highest BCUT2D eigenvalue weighted by Crippen LogP contribution is 2.26. The van der Waals surface area contributed by atoms with E-state index in [4.69, 9.17) is 4.74 Å². The van der Waals surface area contributed by atoms with Crippen LogP contribution in [0.15, 0.2) is 27.5 Å². The normalized spacial score (nSPS) is 18.6. The van der Waals surface area contributed by atoms with Crippen molar-refractivity contribution >= 4 is 33.1 Å². The van der Waals surface area contributed by atoms with Crippen molar-refractivity contribution in [2.75, 3.05) is 13.1 Å². The number of benzene rings is 1. The van der Waals surface area contributed by atoms with Crippen LogP contribution in [-0.4, -0.2) is 39.2 Å². The number of hydrogen-bond donors (Lipinski definition) is 1. The van der Waals surface area contributed by atoms with Gasteiger partial charge in [-0.05, 0) is 45.4 Å². The molecule has 7 heteroatoms. The summed E-state index contributed by atoms with van der Waals surface area (Å²) in [7, 11) is 0. The third kappa shape index (κ3) is 3.29. The van der Waals surface area contributed by atoms with Crippen LogP contribution in [0.5, 0.6) is 0 Å². The summed E-state index contributed by atoms with van der Waals surface area (Å²) < 4.78 is 8.07. The Morgan fingerprint density at radius 3 is 2.83 bits per heavy atom. The van der Waals surface area contributed by atoms with Crippen molar-refractivity contribution in [3.05, 3.63) is 33.2 Å². The Balaban J connectivity index is 1.83. The van der Waals surface area contributed by atoms with E-state index in [9.17, 15) is 9.59 Å². The number of aromatic nitrogens is 2. The predicted octanol–water partition coefficient (Wildman–Crippen LogP) is 3.27. The summed E-state index contributed by atoms with van der Waals surface area (Å²) in [6.07, 6.45) is 0.415. The number of carbonyl (C=O) groups excluding carboxylic acids is 1. The number of hydrogen-bond acceptors (Lipinski definition) is 3. The van der Waals surface area contributed by atoms with Gasteiger partial charge >= 0.3 is 11.8 Å². The number of aromatic amines is 1. The lowest BCUT2D eigenvalue weighted by atomic mass is 10.2. The van der Waals surface area contributed by atoms with Crippen molar-refractivity contribution in [2.24, 2.45) is 0 Å². The van der Waals surface area contributed by atoms with Crippen LogP contribution in [0.2, 0.25) is 0 Å². The number of ether oxygens (including phenoxy) is 1. The van der Waals surface area contributed by atoms with Gasteiger partial charge in [0.15, 0.2) is 0 Å². The van der Waals surface area contributed by atoms with Gasteiger partial charge in [-0.25, -0.2) is 9.59 Å². The molecule has 1 aliphatic rings. The molecule has 0 aliphatic carbocycles.